The molecule has 0 spiro atoms. The molecule has 1 saturated carbocycles. The topological polar surface area (TPSA) is 12.0 Å². The van der Waals surface area contributed by atoms with Gasteiger partial charge in [-0.2, -0.15) is 0 Å². The summed E-state index contributed by atoms with van der Waals surface area (Å²) < 4.78 is 0. The van der Waals surface area contributed by atoms with Crippen molar-refractivity contribution in [3.8, 4) is 0 Å². The van der Waals surface area contributed by atoms with E-state index in [1.54, 1.807) is 5.56 Å². The number of benzene rings is 1. The minimum absolute atomic E-state index is 0.221. The van der Waals surface area contributed by atoms with Crippen molar-refractivity contribution in [2.24, 2.45) is 0 Å². The van der Waals surface area contributed by atoms with Crippen molar-refractivity contribution in [2.45, 2.75) is 51.5 Å². The molecular weight excluding hydrogens is 194 g/mol. The fourth-order valence-corrected chi connectivity index (χ4v) is 2.29. The third-order valence-corrected chi connectivity index (χ3v) is 3.53. The largest absolute Gasteiger partial charge is 0.311 e. The average Bonchev–Trinajstić information content (AvgIpc) is 2.96. The van der Waals surface area contributed by atoms with E-state index in [0.29, 0.717) is 5.41 Å². The molecule has 0 aliphatic heterocycles. The predicted octanol–water partition coefficient (Wildman–Crippen LogP) is 3.41. The molecule has 0 atom stereocenters. The molecule has 0 amide bonds. The summed E-state index contributed by atoms with van der Waals surface area (Å²) >= 11 is 0. The summed E-state index contributed by atoms with van der Waals surface area (Å²) in [4.78, 5) is 0. The zero-order chi connectivity index (χ0) is 11.8. The first-order chi connectivity index (χ1) is 7.43. The maximum Gasteiger partial charge on any atom is 0.00968 e. The van der Waals surface area contributed by atoms with Gasteiger partial charge in [0.05, 0.1) is 0 Å². The van der Waals surface area contributed by atoms with Crippen LogP contribution in [0.4, 0.5) is 0 Å². The Bertz CT molecular complexity index is 369. The predicted molar refractivity (Wildman–Crippen MR) is 69.8 cm³/mol. The van der Waals surface area contributed by atoms with Gasteiger partial charge in [0.2, 0.25) is 0 Å². The van der Waals surface area contributed by atoms with E-state index in [1.165, 1.54) is 18.4 Å². The van der Waals surface area contributed by atoms with Gasteiger partial charge in [0.15, 0.2) is 0 Å². The van der Waals surface area contributed by atoms with Crippen LogP contribution in [0.2, 0.25) is 0 Å². The van der Waals surface area contributed by atoms with E-state index in [1.807, 2.05) is 0 Å². The second-order valence-corrected chi connectivity index (χ2v) is 6.20. The van der Waals surface area contributed by atoms with Crippen LogP contribution >= 0.6 is 0 Å². The first-order valence-electron chi connectivity index (χ1n) is 6.24. The average molecular weight is 217 g/mol. The van der Waals surface area contributed by atoms with Gasteiger partial charge in [0, 0.05) is 17.5 Å². The molecule has 1 nitrogen and oxygen atoms in total. The molecule has 0 unspecified atom stereocenters. The first-order valence-corrected chi connectivity index (χ1v) is 6.24. The maximum atomic E-state index is 3.65. The van der Waals surface area contributed by atoms with Gasteiger partial charge in [-0.05, 0) is 51.7 Å². The molecule has 1 aliphatic carbocycles. The fourth-order valence-electron chi connectivity index (χ4n) is 2.29. The summed E-state index contributed by atoms with van der Waals surface area (Å²) in [6, 6.07) is 8.82. The van der Waals surface area contributed by atoms with Crippen LogP contribution in [-0.2, 0) is 5.41 Å². The molecule has 88 valence electrons. The minimum Gasteiger partial charge on any atom is -0.311 e. The Balaban J connectivity index is 2.12. The summed E-state index contributed by atoms with van der Waals surface area (Å²) in [5, 5.41) is 3.65. The van der Waals surface area contributed by atoms with E-state index in [0.717, 1.165) is 6.54 Å². The summed E-state index contributed by atoms with van der Waals surface area (Å²) in [5.41, 5.74) is 3.64. The molecule has 1 N–H and O–H groups in total. The quantitative estimate of drug-likeness (QED) is 0.818. The highest BCUT2D eigenvalue weighted by molar-refractivity contribution is 5.38. The van der Waals surface area contributed by atoms with Crippen LogP contribution in [0.1, 0.15) is 44.7 Å². The molecule has 16 heavy (non-hydrogen) atoms. The van der Waals surface area contributed by atoms with Crippen LogP contribution in [0.15, 0.2) is 24.3 Å². The Labute approximate surface area is 99.3 Å². The Morgan fingerprint density at radius 2 is 1.81 bits per heavy atom. The van der Waals surface area contributed by atoms with Crippen LogP contribution in [0.5, 0.6) is 0 Å². The van der Waals surface area contributed by atoms with Crippen molar-refractivity contribution < 1.29 is 0 Å². The van der Waals surface area contributed by atoms with Crippen molar-refractivity contribution in [3.63, 3.8) is 0 Å². The number of hydrogen-bond donors (Lipinski definition) is 1. The zero-order valence-electron chi connectivity index (χ0n) is 10.9. The second-order valence-electron chi connectivity index (χ2n) is 6.20. The molecule has 0 bridgehead atoms. The second kappa shape index (κ2) is 3.89. The molecule has 1 aromatic carbocycles. The number of hydrogen-bond acceptors (Lipinski definition) is 1. The van der Waals surface area contributed by atoms with Crippen molar-refractivity contribution in [3.05, 3.63) is 35.4 Å². The van der Waals surface area contributed by atoms with Gasteiger partial charge in [0.1, 0.15) is 0 Å². The Morgan fingerprint density at radius 1 is 1.19 bits per heavy atom. The zero-order valence-corrected chi connectivity index (χ0v) is 10.9. The molecule has 1 fully saturated rings. The first kappa shape index (κ1) is 11.7. The molecular formula is C15H23N. The highest BCUT2D eigenvalue weighted by atomic mass is 15.0. The van der Waals surface area contributed by atoms with E-state index in [9.17, 15) is 0 Å². The van der Waals surface area contributed by atoms with Crippen LogP contribution in [0.25, 0.3) is 0 Å². The maximum absolute atomic E-state index is 3.65. The highest BCUT2D eigenvalue weighted by Gasteiger charge is 2.45. The minimum atomic E-state index is 0.221. The van der Waals surface area contributed by atoms with Crippen molar-refractivity contribution in [1.29, 1.82) is 0 Å². The summed E-state index contributed by atoms with van der Waals surface area (Å²) in [6.07, 6.45) is 2.67. The third kappa shape index (κ3) is 2.46. The van der Waals surface area contributed by atoms with Crippen molar-refractivity contribution in [1.82, 2.24) is 5.32 Å². The van der Waals surface area contributed by atoms with Crippen molar-refractivity contribution >= 4 is 0 Å². The molecule has 1 aromatic rings. The van der Waals surface area contributed by atoms with Crippen molar-refractivity contribution in [2.75, 3.05) is 6.54 Å². The van der Waals surface area contributed by atoms with Crippen LogP contribution < -0.4 is 5.32 Å². The van der Waals surface area contributed by atoms with Gasteiger partial charge in [0.25, 0.3) is 0 Å². The molecule has 0 saturated heterocycles. The summed E-state index contributed by atoms with van der Waals surface area (Å²) in [5.74, 6) is 0. The van der Waals surface area contributed by atoms with Gasteiger partial charge in [-0.25, -0.2) is 0 Å². The number of aryl methyl sites for hydroxylation is 1. The van der Waals surface area contributed by atoms with E-state index in [2.05, 4.69) is 57.3 Å². The molecule has 1 aliphatic rings. The van der Waals surface area contributed by atoms with E-state index in [4.69, 9.17) is 0 Å². The van der Waals surface area contributed by atoms with Gasteiger partial charge in [-0.15, -0.1) is 0 Å². The monoisotopic (exact) mass is 217 g/mol. The van der Waals surface area contributed by atoms with Crippen LogP contribution in [-0.4, -0.2) is 12.1 Å². The third-order valence-electron chi connectivity index (χ3n) is 3.53. The Kier molecular flexibility index (Phi) is 2.83. The molecule has 1 heteroatoms. The Hall–Kier alpha value is -0.820. The van der Waals surface area contributed by atoms with Crippen LogP contribution in [0.3, 0.4) is 0 Å². The van der Waals surface area contributed by atoms with Crippen LogP contribution in [0, 0.1) is 6.92 Å². The Morgan fingerprint density at radius 3 is 2.31 bits per heavy atom. The fraction of sp³-hybridized carbons (Fsp3) is 0.600. The van der Waals surface area contributed by atoms with E-state index < -0.39 is 0 Å². The smallest absolute Gasteiger partial charge is 0.00968 e. The van der Waals surface area contributed by atoms with E-state index in [-0.39, 0.29) is 5.54 Å². The highest BCUT2D eigenvalue weighted by Crippen LogP contribution is 2.48. The SMILES string of the molecule is Cc1ccccc1C1(CNC(C)(C)C)CC1. The van der Waals surface area contributed by atoms with E-state index >= 15 is 0 Å². The lowest BCUT2D eigenvalue weighted by Crippen LogP contribution is -2.41. The van der Waals surface area contributed by atoms with Gasteiger partial charge < -0.3 is 5.32 Å². The molecule has 0 aromatic heterocycles. The molecule has 0 heterocycles. The van der Waals surface area contributed by atoms with Gasteiger partial charge >= 0.3 is 0 Å². The lowest BCUT2D eigenvalue weighted by Gasteiger charge is -2.26. The number of nitrogens with one attached hydrogen (secondary N) is 1. The summed E-state index contributed by atoms with van der Waals surface area (Å²) in [7, 11) is 0. The van der Waals surface area contributed by atoms with Gasteiger partial charge in [-0.1, -0.05) is 24.3 Å². The molecule has 0 radical (unpaired) electrons. The lowest BCUT2D eigenvalue weighted by atomic mass is 9.91. The summed E-state index contributed by atoms with van der Waals surface area (Å²) in [6.45, 7) is 10.1. The lowest BCUT2D eigenvalue weighted by molar-refractivity contribution is 0.399. The standard InChI is InChI=1S/C15H23N/c1-12-7-5-6-8-13(12)15(9-10-15)11-16-14(2,3)4/h5-8,16H,9-11H2,1-4H3. The number of rotatable bonds is 3. The molecule has 2 rings (SSSR count). The van der Waals surface area contributed by atoms with Gasteiger partial charge in [-0.3, -0.25) is 0 Å². The normalized spacial score (nSPS) is 18.5.